The van der Waals surface area contributed by atoms with E-state index in [1.54, 1.807) is 17.4 Å². The first-order valence-electron chi connectivity index (χ1n) is 6.46. The van der Waals surface area contributed by atoms with Gasteiger partial charge in [-0.1, -0.05) is 29.8 Å². The molecule has 1 atom stereocenters. The van der Waals surface area contributed by atoms with Crippen LogP contribution in [0.3, 0.4) is 0 Å². The lowest BCUT2D eigenvalue weighted by molar-refractivity contribution is -0.147. The Morgan fingerprint density at radius 2 is 2.19 bits per heavy atom. The van der Waals surface area contributed by atoms with Crippen molar-refractivity contribution in [3.05, 3.63) is 50.9 Å². The van der Waals surface area contributed by atoms with Crippen molar-refractivity contribution >= 4 is 28.9 Å². The zero-order valence-corrected chi connectivity index (χ0v) is 13.7. The average Bonchev–Trinajstić information content (AvgIpc) is 2.86. The number of hydrogen-bond donors (Lipinski definition) is 0. The van der Waals surface area contributed by atoms with Gasteiger partial charge in [0.2, 0.25) is 0 Å². The van der Waals surface area contributed by atoms with Crippen molar-refractivity contribution in [1.82, 2.24) is 9.88 Å². The minimum absolute atomic E-state index is 0.336. The van der Waals surface area contributed by atoms with Crippen LogP contribution in [-0.4, -0.2) is 30.0 Å². The summed E-state index contributed by atoms with van der Waals surface area (Å²) in [4.78, 5) is 18.5. The number of methoxy groups -OCH3 is 1. The van der Waals surface area contributed by atoms with Crippen LogP contribution in [0.5, 0.6) is 0 Å². The summed E-state index contributed by atoms with van der Waals surface area (Å²) in [5.74, 6) is -0.336. The van der Waals surface area contributed by atoms with E-state index in [1.807, 2.05) is 42.5 Å². The Morgan fingerprint density at radius 3 is 2.76 bits per heavy atom. The molecule has 0 radical (unpaired) electrons. The average molecular weight is 325 g/mol. The van der Waals surface area contributed by atoms with E-state index in [1.165, 1.54) is 7.11 Å². The fourth-order valence-electron chi connectivity index (χ4n) is 2.18. The Kier molecular flexibility index (Phi) is 5.33. The van der Waals surface area contributed by atoms with E-state index in [9.17, 15) is 4.79 Å². The molecule has 2 aromatic rings. The van der Waals surface area contributed by atoms with E-state index in [0.717, 1.165) is 16.3 Å². The van der Waals surface area contributed by atoms with Gasteiger partial charge in [0, 0.05) is 16.9 Å². The molecule has 0 bridgehead atoms. The van der Waals surface area contributed by atoms with Crippen LogP contribution in [0, 0.1) is 6.92 Å². The number of halogens is 1. The first-order chi connectivity index (χ1) is 10.0. The van der Waals surface area contributed by atoms with E-state index in [4.69, 9.17) is 16.3 Å². The summed E-state index contributed by atoms with van der Waals surface area (Å²) >= 11 is 7.81. The van der Waals surface area contributed by atoms with Crippen LogP contribution >= 0.6 is 22.9 Å². The summed E-state index contributed by atoms with van der Waals surface area (Å²) in [5.41, 5.74) is 1.67. The molecule has 0 aliphatic carbocycles. The Morgan fingerprint density at radius 1 is 1.48 bits per heavy atom. The minimum Gasteiger partial charge on any atom is -0.468 e. The summed E-state index contributed by atoms with van der Waals surface area (Å²) in [6.45, 7) is 2.51. The fourth-order valence-corrected chi connectivity index (χ4v) is 3.02. The molecule has 0 saturated heterocycles. The van der Waals surface area contributed by atoms with Crippen molar-refractivity contribution in [2.75, 3.05) is 14.2 Å². The second-order valence-corrected chi connectivity index (χ2v) is 6.19. The van der Waals surface area contributed by atoms with Crippen molar-refractivity contribution < 1.29 is 9.53 Å². The SMILES string of the molecule is COC(=O)C(c1ccccc1Cl)N(C)Cc1csc(C)n1. The van der Waals surface area contributed by atoms with E-state index < -0.39 is 6.04 Å². The summed E-state index contributed by atoms with van der Waals surface area (Å²) in [6, 6.07) is 6.76. The first kappa shape index (κ1) is 15.9. The highest BCUT2D eigenvalue weighted by molar-refractivity contribution is 7.09. The molecule has 4 nitrogen and oxygen atoms in total. The molecule has 1 aromatic heterocycles. The van der Waals surface area contributed by atoms with Crippen molar-refractivity contribution in [1.29, 1.82) is 0 Å². The van der Waals surface area contributed by atoms with Crippen LogP contribution in [0.2, 0.25) is 5.02 Å². The van der Waals surface area contributed by atoms with Gasteiger partial charge in [0.25, 0.3) is 0 Å². The summed E-state index contributed by atoms with van der Waals surface area (Å²) in [5, 5.41) is 3.55. The van der Waals surface area contributed by atoms with Gasteiger partial charge in [-0.25, -0.2) is 9.78 Å². The number of aromatic nitrogens is 1. The number of rotatable bonds is 5. The van der Waals surface area contributed by atoms with E-state index in [2.05, 4.69) is 4.98 Å². The van der Waals surface area contributed by atoms with Crippen LogP contribution in [0.25, 0.3) is 0 Å². The maximum absolute atomic E-state index is 12.2. The molecule has 1 heterocycles. The topological polar surface area (TPSA) is 42.4 Å². The van der Waals surface area contributed by atoms with Gasteiger partial charge >= 0.3 is 5.97 Å². The third-order valence-corrected chi connectivity index (χ3v) is 4.31. The third kappa shape index (κ3) is 3.81. The first-order valence-corrected chi connectivity index (χ1v) is 7.72. The lowest BCUT2D eigenvalue weighted by Crippen LogP contribution is -2.31. The van der Waals surface area contributed by atoms with Gasteiger partial charge in [0.1, 0.15) is 6.04 Å². The monoisotopic (exact) mass is 324 g/mol. The molecule has 0 saturated carbocycles. The maximum atomic E-state index is 12.2. The predicted molar refractivity (Wildman–Crippen MR) is 84.5 cm³/mol. The number of aryl methyl sites for hydroxylation is 1. The molecule has 1 unspecified atom stereocenters. The zero-order valence-electron chi connectivity index (χ0n) is 12.2. The number of carbonyl (C=O) groups excluding carboxylic acids is 1. The summed E-state index contributed by atoms with van der Waals surface area (Å²) in [7, 11) is 3.24. The largest absolute Gasteiger partial charge is 0.468 e. The van der Waals surface area contributed by atoms with Crippen molar-refractivity contribution in [3.63, 3.8) is 0 Å². The smallest absolute Gasteiger partial charge is 0.327 e. The lowest BCUT2D eigenvalue weighted by atomic mass is 10.1. The number of esters is 1. The highest BCUT2D eigenvalue weighted by atomic mass is 35.5. The number of hydrogen-bond acceptors (Lipinski definition) is 5. The quantitative estimate of drug-likeness (QED) is 0.790. The maximum Gasteiger partial charge on any atom is 0.327 e. The van der Waals surface area contributed by atoms with Crippen molar-refractivity contribution in [2.45, 2.75) is 19.5 Å². The number of nitrogens with zero attached hydrogens (tertiary/aromatic N) is 2. The zero-order chi connectivity index (χ0) is 15.4. The number of likely N-dealkylation sites (N-methyl/N-ethyl adjacent to an activating group) is 1. The number of carbonyl (C=O) groups is 1. The summed E-state index contributed by atoms with van der Waals surface area (Å²) < 4.78 is 4.93. The normalized spacial score (nSPS) is 12.4. The Hall–Kier alpha value is -1.43. The second kappa shape index (κ2) is 7.02. The highest BCUT2D eigenvalue weighted by Crippen LogP contribution is 2.29. The summed E-state index contributed by atoms with van der Waals surface area (Å²) in [6.07, 6.45) is 0. The molecule has 112 valence electrons. The molecule has 0 aliphatic heterocycles. The van der Waals surface area contributed by atoms with Crippen LogP contribution in [0.1, 0.15) is 22.3 Å². The Balaban J connectivity index is 2.28. The number of ether oxygens (including phenoxy) is 1. The van der Waals surface area contributed by atoms with Gasteiger partial charge in [-0.2, -0.15) is 0 Å². The van der Waals surface area contributed by atoms with E-state index in [0.29, 0.717) is 11.6 Å². The highest BCUT2D eigenvalue weighted by Gasteiger charge is 2.28. The van der Waals surface area contributed by atoms with Gasteiger partial charge in [-0.3, -0.25) is 4.90 Å². The number of thiazole rings is 1. The molecule has 21 heavy (non-hydrogen) atoms. The molecule has 1 aromatic carbocycles. The molecule has 6 heteroatoms. The molecular weight excluding hydrogens is 308 g/mol. The minimum atomic E-state index is -0.550. The Bertz CT molecular complexity index is 630. The molecule has 0 aliphatic rings. The van der Waals surface area contributed by atoms with Gasteiger partial charge in [-0.15, -0.1) is 11.3 Å². The molecule has 0 spiro atoms. The lowest BCUT2D eigenvalue weighted by Gasteiger charge is -2.26. The third-order valence-electron chi connectivity index (χ3n) is 3.14. The van der Waals surface area contributed by atoms with Crippen LogP contribution in [0.4, 0.5) is 0 Å². The molecular formula is C15H17ClN2O2S. The fraction of sp³-hybridized carbons (Fsp3) is 0.333. The number of benzene rings is 1. The van der Waals surface area contributed by atoms with Gasteiger partial charge < -0.3 is 4.74 Å². The van der Waals surface area contributed by atoms with Gasteiger partial charge in [-0.05, 0) is 25.6 Å². The van der Waals surface area contributed by atoms with Gasteiger partial charge in [0.05, 0.1) is 17.8 Å². The predicted octanol–water partition coefficient (Wildman–Crippen LogP) is 3.45. The van der Waals surface area contributed by atoms with Gasteiger partial charge in [0.15, 0.2) is 0 Å². The van der Waals surface area contributed by atoms with Crippen LogP contribution < -0.4 is 0 Å². The van der Waals surface area contributed by atoms with Crippen molar-refractivity contribution in [2.24, 2.45) is 0 Å². The van der Waals surface area contributed by atoms with E-state index in [-0.39, 0.29) is 5.97 Å². The van der Waals surface area contributed by atoms with Crippen molar-refractivity contribution in [3.8, 4) is 0 Å². The molecule has 0 N–H and O–H groups in total. The Labute approximate surface area is 133 Å². The van der Waals surface area contributed by atoms with Crippen LogP contribution in [-0.2, 0) is 16.1 Å². The van der Waals surface area contributed by atoms with E-state index >= 15 is 0 Å². The standard InChI is InChI=1S/C15H17ClN2O2S/c1-10-17-11(9-21-10)8-18(2)14(15(19)20-3)12-6-4-5-7-13(12)16/h4-7,9,14H,8H2,1-3H3. The van der Waals surface area contributed by atoms with Crippen LogP contribution in [0.15, 0.2) is 29.6 Å². The molecule has 0 fully saturated rings. The molecule has 0 amide bonds. The molecule has 2 rings (SSSR count). The second-order valence-electron chi connectivity index (χ2n) is 4.72.